The molecule has 3 nitrogen and oxygen atoms in total. The fraction of sp³-hybridized carbons (Fsp3) is 0.200. The molecule has 0 atom stereocenters. The highest BCUT2D eigenvalue weighted by Gasteiger charge is 2.20. The predicted molar refractivity (Wildman–Crippen MR) is 78.6 cm³/mol. The van der Waals surface area contributed by atoms with Crippen LogP contribution in [0.25, 0.3) is 0 Å². The number of nitrogens with zero attached hydrogens (tertiary/aromatic N) is 1. The zero-order chi connectivity index (χ0) is 15.0. The Morgan fingerprint density at radius 3 is 2.76 bits per heavy atom. The number of benzene rings is 1. The summed E-state index contributed by atoms with van der Waals surface area (Å²) >= 11 is 4.99. The van der Waals surface area contributed by atoms with Gasteiger partial charge in [0.05, 0.1) is 5.56 Å². The van der Waals surface area contributed by atoms with Crippen molar-refractivity contribution >= 4 is 17.2 Å². The minimum absolute atomic E-state index is 0.112. The standard InChI is InChI=1S/C15H12F2N2OS/c16-9-4-5-13(11(17)7-9)20-15-10(14(18)21)6-8-2-1-3-12(8)19-15/h4-7H,1-3H2,(H2,18,21). The van der Waals surface area contributed by atoms with E-state index in [1.165, 1.54) is 6.07 Å². The van der Waals surface area contributed by atoms with Gasteiger partial charge in [-0.05, 0) is 43.0 Å². The molecular weight excluding hydrogens is 294 g/mol. The molecule has 0 saturated heterocycles. The highest BCUT2D eigenvalue weighted by atomic mass is 32.1. The first-order valence-corrected chi connectivity index (χ1v) is 6.91. The molecule has 0 saturated carbocycles. The van der Waals surface area contributed by atoms with Crippen molar-refractivity contribution in [2.75, 3.05) is 0 Å². The highest BCUT2D eigenvalue weighted by molar-refractivity contribution is 7.80. The Morgan fingerprint density at radius 2 is 2.05 bits per heavy atom. The summed E-state index contributed by atoms with van der Waals surface area (Å²) in [5.41, 5.74) is 8.15. The number of pyridine rings is 1. The van der Waals surface area contributed by atoms with Crippen molar-refractivity contribution in [1.82, 2.24) is 4.98 Å². The zero-order valence-electron chi connectivity index (χ0n) is 11.0. The zero-order valence-corrected chi connectivity index (χ0v) is 11.8. The summed E-state index contributed by atoms with van der Waals surface area (Å²) in [5, 5.41) is 0. The van der Waals surface area contributed by atoms with Crippen LogP contribution in [0.2, 0.25) is 0 Å². The molecule has 1 heterocycles. The summed E-state index contributed by atoms with van der Waals surface area (Å²) in [5.74, 6) is -1.42. The lowest BCUT2D eigenvalue weighted by molar-refractivity contribution is 0.421. The maximum absolute atomic E-state index is 13.7. The number of nitrogens with two attached hydrogens (primary N) is 1. The first-order valence-electron chi connectivity index (χ1n) is 6.50. The van der Waals surface area contributed by atoms with Crippen LogP contribution in [0.5, 0.6) is 11.6 Å². The second-order valence-electron chi connectivity index (χ2n) is 4.84. The molecule has 1 aliphatic carbocycles. The molecule has 3 rings (SSSR count). The molecule has 2 aromatic rings. The SMILES string of the molecule is NC(=S)c1cc2c(nc1Oc1ccc(F)cc1F)CCC2. The Morgan fingerprint density at radius 1 is 1.24 bits per heavy atom. The van der Waals surface area contributed by atoms with Crippen LogP contribution in [0.3, 0.4) is 0 Å². The molecule has 108 valence electrons. The maximum atomic E-state index is 13.7. The van der Waals surface area contributed by atoms with Crippen molar-refractivity contribution in [3.05, 3.63) is 52.7 Å². The Balaban J connectivity index is 2.03. The molecule has 0 amide bonds. The van der Waals surface area contributed by atoms with Crippen LogP contribution in [0.1, 0.15) is 23.2 Å². The third-order valence-corrected chi connectivity index (χ3v) is 3.60. The number of aromatic nitrogens is 1. The van der Waals surface area contributed by atoms with Gasteiger partial charge >= 0.3 is 0 Å². The summed E-state index contributed by atoms with van der Waals surface area (Å²) in [6, 6.07) is 4.92. The Hall–Kier alpha value is -2.08. The molecular formula is C15H12F2N2OS. The molecule has 1 aromatic heterocycles. The average Bonchev–Trinajstić information content (AvgIpc) is 2.88. The minimum atomic E-state index is -0.800. The minimum Gasteiger partial charge on any atom is -0.435 e. The van der Waals surface area contributed by atoms with Crippen LogP contribution in [0.15, 0.2) is 24.3 Å². The summed E-state index contributed by atoms with van der Waals surface area (Å²) in [4.78, 5) is 4.52. The predicted octanol–water partition coefficient (Wildman–Crippen LogP) is 3.28. The van der Waals surface area contributed by atoms with Crippen LogP contribution >= 0.6 is 12.2 Å². The third kappa shape index (κ3) is 2.71. The maximum Gasteiger partial charge on any atom is 0.229 e. The Bertz CT molecular complexity index is 734. The molecule has 0 aliphatic heterocycles. The van der Waals surface area contributed by atoms with Gasteiger partial charge in [0.15, 0.2) is 11.6 Å². The fourth-order valence-electron chi connectivity index (χ4n) is 2.37. The van der Waals surface area contributed by atoms with Crippen LogP contribution in [-0.4, -0.2) is 9.97 Å². The van der Waals surface area contributed by atoms with Crippen molar-refractivity contribution < 1.29 is 13.5 Å². The van der Waals surface area contributed by atoms with Gasteiger partial charge in [-0.15, -0.1) is 0 Å². The quantitative estimate of drug-likeness (QED) is 0.884. The molecule has 6 heteroatoms. The van der Waals surface area contributed by atoms with E-state index in [2.05, 4.69) is 4.98 Å². The number of thiocarbonyl (C=S) groups is 1. The van der Waals surface area contributed by atoms with E-state index in [4.69, 9.17) is 22.7 Å². The van der Waals surface area contributed by atoms with E-state index in [9.17, 15) is 8.78 Å². The van der Waals surface area contributed by atoms with Gasteiger partial charge in [-0.2, -0.15) is 0 Å². The molecule has 21 heavy (non-hydrogen) atoms. The van der Waals surface area contributed by atoms with Crippen molar-refractivity contribution in [3.63, 3.8) is 0 Å². The Kier molecular flexibility index (Phi) is 3.55. The molecule has 0 bridgehead atoms. The summed E-state index contributed by atoms with van der Waals surface area (Å²) in [7, 11) is 0. The number of rotatable bonds is 3. The van der Waals surface area contributed by atoms with Gasteiger partial charge in [-0.1, -0.05) is 12.2 Å². The van der Waals surface area contributed by atoms with Crippen molar-refractivity contribution in [2.45, 2.75) is 19.3 Å². The van der Waals surface area contributed by atoms with Gasteiger partial charge in [0.2, 0.25) is 5.88 Å². The van der Waals surface area contributed by atoms with Gasteiger partial charge < -0.3 is 10.5 Å². The monoisotopic (exact) mass is 306 g/mol. The number of hydrogen-bond acceptors (Lipinski definition) is 3. The van der Waals surface area contributed by atoms with E-state index in [0.717, 1.165) is 42.7 Å². The lowest BCUT2D eigenvalue weighted by atomic mass is 10.1. The normalized spacial score (nSPS) is 13.0. The van der Waals surface area contributed by atoms with E-state index in [1.54, 1.807) is 0 Å². The topological polar surface area (TPSA) is 48.1 Å². The summed E-state index contributed by atoms with van der Waals surface area (Å²) in [6.45, 7) is 0. The van der Waals surface area contributed by atoms with E-state index < -0.39 is 11.6 Å². The van der Waals surface area contributed by atoms with Gasteiger partial charge in [0.1, 0.15) is 10.8 Å². The molecule has 0 spiro atoms. The van der Waals surface area contributed by atoms with E-state index in [1.807, 2.05) is 6.07 Å². The lowest BCUT2D eigenvalue weighted by Gasteiger charge is -2.12. The van der Waals surface area contributed by atoms with Crippen LogP contribution in [0, 0.1) is 11.6 Å². The van der Waals surface area contributed by atoms with Crippen LogP contribution in [-0.2, 0) is 12.8 Å². The molecule has 0 unspecified atom stereocenters. The van der Waals surface area contributed by atoms with Gasteiger partial charge in [0, 0.05) is 11.8 Å². The van der Waals surface area contributed by atoms with Gasteiger partial charge in [0.25, 0.3) is 0 Å². The number of halogens is 2. The van der Waals surface area contributed by atoms with Crippen molar-refractivity contribution in [3.8, 4) is 11.6 Å². The van der Waals surface area contributed by atoms with E-state index in [-0.39, 0.29) is 16.6 Å². The van der Waals surface area contributed by atoms with E-state index >= 15 is 0 Å². The molecule has 1 aromatic carbocycles. The molecule has 2 N–H and O–H groups in total. The Labute approximate surface area is 125 Å². The van der Waals surface area contributed by atoms with Crippen LogP contribution < -0.4 is 10.5 Å². The van der Waals surface area contributed by atoms with Crippen molar-refractivity contribution in [1.29, 1.82) is 0 Å². The second-order valence-corrected chi connectivity index (χ2v) is 5.28. The third-order valence-electron chi connectivity index (χ3n) is 3.38. The summed E-state index contributed by atoms with van der Waals surface area (Å²) < 4.78 is 32.1. The van der Waals surface area contributed by atoms with Crippen molar-refractivity contribution in [2.24, 2.45) is 5.73 Å². The first-order chi connectivity index (χ1) is 10.0. The highest BCUT2D eigenvalue weighted by Crippen LogP contribution is 2.30. The fourth-order valence-corrected chi connectivity index (χ4v) is 2.52. The lowest BCUT2D eigenvalue weighted by Crippen LogP contribution is -2.13. The summed E-state index contributed by atoms with van der Waals surface area (Å²) in [6.07, 6.45) is 2.77. The van der Waals surface area contributed by atoms with Crippen LogP contribution in [0.4, 0.5) is 8.78 Å². The van der Waals surface area contributed by atoms with Gasteiger partial charge in [-0.25, -0.2) is 13.8 Å². The first kappa shape index (κ1) is 13.9. The second kappa shape index (κ2) is 5.37. The number of aryl methyl sites for hydroxylation is 2. The molecule has 0 fully saturated rings. The average molecular weight is 306 g/mol. The molecule has 0 radical (unpaired) electrons. The smallest absolute Gasteiger partial charge is 0.229 e. The van der Waals surface area contributed by atoms with E-state index in [0.29, 0.717) is 5.56 Å². The number of fused-ring (bicyclic) bond motifs is 1. The number of ether oxygens (including phenoxy) is 1. The number of hydrogen-bond donors (Lipinski definition) is 1. The largest absolute Gasteiger partial charge is 0.435 e. The molecule has 1 aliphatic rings. The van der Waals surface area contributed by atoms with Gasteiger partial charge in [-0.3, -0.25) is 0 Å².